The van der Waals surface area contributed by atoms with E-state index in [1.165, 1.54) is 24.7 Å². The van der Waals surface area contributed by atoms with Crippen LogP contribution in [0, 0.1) is 5.82 Å². The Kier molecular flexibility index (Phi) is 4.52. The number of aromatic carboxylic acids is 1. The summed E-state index contributed by atoms with van der Waals surface area (Å²) in [5.41, 5.74) is 2.51. The molecule has 0 spiro atoms. The van der Waals surface area contributed by atoms with Gasteiger partial charge in [0.1, 0.15) is 23.2 Å². The van der Waals surface area contributed by atoms with Gasteiger partial charge in [-0.2, -0.15) is 0 Å². The first-order valence-corrected chi connectivity index (χ1v) is 9.72. The molecule has 1 aliphatic rings. The molecule has 4 aromatic rings. The molecule has 0 atom stereocenters. The zero-order valence-corrected chi connectivity index (χ0v) is 16.4. The lowest BCUT2D eigenvalue weighted by Crippen LogP contribution is -2.36. The molecule has 0 bridgehead atoms. The van der Waals surface area contributed by atoms with Crippen LogP contribution in [0.25, 0.3) is 27.6 Å². The number of carboxylic acids is 1. The first-order valence-electron chi connectivity index (χ1n) is 9.35. The number of rotatable bonds is 3. The standard InChI is InChI=1S/C21H16ClFN4O3/c22-14-1-2-15(23)20-18(14)16(3-4-24-20)27-11-25-19-13(21(28)29)9-12(10-17(19)27)26-5-7-30-8-6-26/h1-4,9-11H,5-8H2,(H,28,29). The van der Waals surface area contributed by atoms with Gasteiger partial charge in [0.15, 0.2) is 0 Å². The zero-order chi connectivity index (χ0) is 20.8. The topological polar surface area (TPSA) is 80.5 Å². The van der Waals surface area contributed by atoms with Crippen molar-refractivity contribution in [2.75, 3.05) is 31.2 Å². The molecule has 1 aliphatic heterocycles. The molecule has 3 heterocycles. The van der Waals surface area contributed by atoms with Crippen molar-refractivity contribution in [3.8, 4) is 5.69 Å². The number of benzene rings is 2. The lowest BCUT2D eigenvalue weighted by atomic mass is 10.1. The number of pyridine rings is 1. The molecule has 7 nitrogen and oxygen atoms in total. The molecular formula is C21H16ClFN4O3. The third-order valence-electron chi connectivity index (χ3n) is 5.27. The number of hydrogen-bond donors (Lipinski definition) is 1. The van der Waals surface area contributed by atoms with Gasteiger partial charge in [-0.05, 0) is 30.3 Å². The van der Waals surface area contributed by atoms with Gasteiger partial charge in [0.2, 0.25) is 0 Å². The first-order chi connectivity index (χ1) is 14.5. The summed E-state index contributed by atoms with van der Waals surface area (Å²) < 4.78 is 21.5. The quantitative estimate of drug-likeness (QED) is 0.535. The Hall–Kier alpha value is -3.23. The van der Waals surface area contributed by atoms with Crippen molar-refractivity contribution < 1.29 is 19.0 Å². The fourth-order valence-electron chi connectivity index (χ4n) is 3.84. The van der Waals surface area contributed by atoms with Gasteiger partial charge in [0.25, 0.3) is 0 Å². The number of carboxylic acid groups (broad SMARTS) is 1. The Balaban J connectivity index is 1.79. The Morgan fingerprint density at radius 3 is 2.70 bits per heavy atom. The minimum absolute atomic E-state index is 0.100. The SMILES string of the molecule is O=C(O)c1cc(N2CCOCC2)cc2c1ncn2-c1ccnc2c(F)ccc(Cl)c12. The van der Waals surface area contributed by atoms with Gasteiger partial charge in [0, 0.05) is 30.4 Å². The summed E-state index contributed by atoms with van der Waals surface area (Å²) in [6.07, 6.45) is 3.02. The maximum absolute atomic E-state index is 14.3. The molecule has 0 unspecified atom stereocenters. The molecule has 0 radical (unpaired) electrons. The predicted octanol–water partition coefficient (Wildman–Crippen LogP) is 3.90. The van der Waals surface area contributed by atoms with E-state index in [4.69, 9.17) is 16.3 Å². The van der Waals surface area contributed by atoms with Gasteiger partial charge in [-0.3, -0.25) is 9.55 Å². The molecule has 152 valence electrons. The monoisotopic (exact) mass is 426 g/mol. The van der Waals surface area contributed by atoms with Gasteiger partial charge in [-0.25, -0.2) is 14.2 Å². The number of ether oxygens (including phenoxy) is 1. The Morgan fingerprint density at radius 1 is 1.13 bits per heavy atom. The van der Waals surface area contributed by atoms with Crippen LogP contribution in [0.5, 0.6) is 0 Å². The van der Waals surface area contributed by atoms with Crippen molar-refractivity contribution in [2.24, 2.45) is 0 Å². The van der Waals surface area contributed by atoms with Crippen molar-refractivity contribution in [2.45, 2.75) is 0 Å². The molecule has 9 heteroatoms. The van der Waals surface area contributed by atoms with Crippen LogP contribution in [0.1, 0.15) is 10.4 Å². The van der Waals surface area contributed by atoms with Gasteiger partial charge >= 0.3 is 5.97 Å². The van der Waals surface area contributed by atoms with Crippen molar-refractivity contribution in [1.82, 2.24) is 14.5 Å². The molecule has 1 fully saturated rings. The van der Waals surface area contributed by atoms with Gasteiger partial charge < -0.3 is 14.7 Å². The highest BCUT2D eigenvalue weighted by atomic mass is 35.5. The number of aromatic nitrogens is 3. The smallest absolute Gasteiger partial charge is 0.338 e. The second kappa shape index (κ2) is 7.23. The van der Waals surface area contributed by atoms with Crippen LogP contribution in [0.2, 0.25) is 5.02 Å². The first kappa shape index (κ1) is 18.8. The summed E-state index contributed by atoms with van der Waals surface area (Å²) in [6, 6.07) is 7.97. The number of anilines is 1. The Morgan fingerprint density at radius 2 is 1.93 bits per heavy atom. The maximum atomic E-state index is 14.3. The average molecular weight is 427 g/mol. The van der Waals surface area contributed by atoms with Crippen molar-refractivity contribution in [1.29, 1.82) is 0 Å². The molecule has 5 rings (SSSR count). The summed E-state index contributed by atoms with van der Waals surface area (Å²) >= 11 is 6.38. The van der Waals surface area contributed by atoms with E-state index in [9.17, 15) is 14.3 Å². The van der Waals surface area contributed by atoms with Crippen LogP contribution in [0.4, 0.5) is 10.1 Å². The maximum Gasteiger partial charge on any atom is 0.338 e. The van der Waals surface area contributed by atoms with E-state index >= 15 is 0 Å². The fraction of sp³-hybridized carbons (Fsp3) is 0.190. The summed E-state index contributed by atoms with van der Waals surface area (Å²) in [7, 11) is 0. The van der Waals surface area contributed by atoms with Crippen LogP contribution in [0.15, 0.2) is 42.9 Å². The largest absolute Gasteiger partial charge is 0.478 e. The van der Waals surface area contributed by atoms with Gasteiger partial charge in [-0.15, -0.1) is 0 Å². The van der Waals surface area contributed by atoms with Crippen LogP contribution in [-0.4, -0.2) is 51.9 Å². The van der Waals surface area contributed by atoms with E-state index in [1.54, 1.807) is 16.7 Å². The van der Waals surface area contributed by atoms with Crippen molar-refractivity contribution in [3.63, 3.8) is 0 Å². The molecule has 0 saturated carbocycles. The summed E-state index contributed by atoms with van der Waals surface area (Å²) in [5.74, 6) is -1.55. The molecule has 2 aromatic heterocycles. The lowest BCUT2D eigenvalue weighted by molar-refractivity contribution is 0.0699. The van der Waals surface area contributed by atoms with Crippen molar-refractivity contribution in [3.05, 3.63) is 59.3 Å². The highest BCUT2D eigenvalue weighted by Gasteiger charge is 2.21. The summed E-state index contributed by atoms with van der Waals surface area (Å²) in [6.45, 7) is 2.47. The molecule has 30 heavy (non-hydrogen) atoms. The minimum Gasteiger partial charge on any atom is -0.478 e. The van der Waals surface area contributed by atoms with E-state index in [-0.39, 0.29) is 11.1 Å². The number of nitrogens with zero attached hydrogens (tertiary/aromatic N) is 4. The third-order valence-corrected chi connectivity index (χ3v) is 5.59. The molecule has 1 saturated heterocycles. The van der Waals surface area contributed by atoms with Crippen LogP contribution >= 0.6 is 11.6 Å². The molecule has 1 N–H and O–H groups in total. The number of fused-ring (bicyclic) bond motifs is 2. The van der Waals surface area contributed by atoms with Gasteiger partial charge in [-0.1, -0.05) is 11.6 Å². The highest BCUT2D eigenvalue weighted by Crippen LogP contribution is 2.33. The third kappa shape index (κ3) is 2.96. The van der Waals surface area contributed by atoms with Crippen LogP contribution in [0.3, 0.4) is 0 Å². The van der Waals surface area contributed by atoms with Crippen molar-refractivity contribution >= 4 is 45.2 Å². The van der Waals surface area contributed by atoms with E-state index < -0.39 is 11.8 Å². The normalized spacial score (nSPS) is 14.5. The number of hydrogen-bond acceptors (Lipinski definition) is 5. The second-order valence-corrected chi connectivity index (χ2v) is 7.37. The lowest BCUT2D eigenvalue weighted by Gasteiger charge is -2.29. The van der Waals surface area contributed by atoms with Crippen LogP contribution < -0.4 is 4.90 Å². The number of imidazole rings is 1. The Labute approximate surface area is 175 Å². The number of halogens is 2. The summed E-state index contributed by atoms with van der Waals surface area (Å²) in [4.78, 5) is 22.5. The average Bonchev–Trinajstić information content (AvgIpc) is 3.19. The van der Waals surface area contributed by atoms with E-state index in [2.05, 4.69) is 14.9 Å². The fourth-order valence-corrected chi connectivity index (χ4v) is 4.09. The van der Waals surface area contributed by atoms with E-state index in [1.807, 2.05) is 6.07 Å². The highest BCUT2D eigenvalue weighted by molar-refractivity contribution is 6.36. The second-order valence-electron chi connectivity index (χ2n) is 6.96. The number of carbonyl (C=O) groups is 1. The minimum atomic E-state index is -1.07. The summed E-state index contributed by atoms with van der Waals surface area (Å²) in [5, 5.41) is 10.5. The molecule has 0 amide bonds. The van der Waals surface area contributed by atoms with Crippen LogP contribution in [-0.2, 0) is 4.74 Å². The zero-order valence-electron chi connectivity index (χ0n) is 15.7. The Bertz CT molecular complexity index is 1300. The van der Waals surface area contributed by atoms with E-state index in [0.717, 1.165) is 5.69 Å². The predicted molar refractivity (Wildman–Crippen MR) is 111 cm³/mol. The van der Waals surface area contributed by atoms with Gasteiger partial charge in [0.05, 0.1) is 35.0 Å². The molecule has 0 aliphatic carbocycles. The molecule has 2 aromatic carbocycles. The van der Waals surface area contributed by atoms with E-state index in [0.29, 0.717) is 53.4 Å². The number of morpholine rings is 1. The molecular weight excluding hydrogens is 411 g/mol.